The number of aliphatic hydroxyl groups is 1. The fourth-order valence-electron chi connectivity index (χ4n) is 4.34. The molecule has 1 aliphatic heterocycles. The van der Waals surface area contributed by atoms with Crippen LogP contribution in [0.25, 0.3) is 10.8 Å². The summed E-state index contributed by atoms with van der Waals surface area (Å²) < 4.78 is 108. The topological polar surface area (TPSA) is 158 Å². The first-order valence-corrected chi connectivity index (χ1v) is 14.5. The van der Waals surface area contributed by atoms with Crippen LogP contribution in [0.1, 0.15) is 27.0 Å². The zero-order valence-corrected chi connectivity index (χ0v) is 24.1. The van der Waals surface area contributed by atoms with Crippen molar-refractivity contribution in [3.8, 4) is 5.75 Å². The van der Waals surface area contributed by atoms with Gasteiger partial charge in [0.1, 0.15) is 11.8 Å². The number of halogens is 5. The number of aromatic amines is 1. The SMILES string of the molecule is CC(C)OC(=O)C(C)NP(=O)(OCC1(C(F)F)OC(n2cc(F)c(=O)[nH]c2=O)C(F)(F)C1O)Oc1cccc2ccccc12. The number of fused-ring (bicyclic) bond motifs is 1. The number of H-pyrrole nitrogens is 1. The molecule has 3 aromatic rings. The Hall–Kier alpha value is -3.63. The lowest BCUT2D eigenvalue weighted by Gasteiger charge is -2.32. The first-order valence-electron chi connectivity index (χ1n) is 12.9. The van der Waals surface area contributed by atoms with Crippen LogP contribution in [-0.4, -0.2) is 63.4 Å². The molecule has 0 bridgehead atoms. The highest BCUT2D eigenvalue weighted by Gasteiger charge is 2.71. The third-order valence-corrected chi connectivity index (χ3v) is 8.13. The van der Waals surface area contributed by atoms with E-state index in [0.717, 1.165) is 0 Å². The molecule has 0 amide bonds. The van der Waals surface area contributed by atoms with Crippen molar-refractivity contribution < 1.29 is 54.9 Å². The van der Waals surface area contributed by atoms with Crippen LogP contribution >= 0.6 is 7.75 Å². The molecule has 1 aromatic heterocycles. The Bertz CT molecular complexity index is 1700. The lowest BCUT2D eigenvalue weighted by molar-refractivity contribution is -0.193. The van der Waals surface area contributed by atoms with E-state index in [1.807, 2.05) is 0 Å². The Balaban J connectivity index is 1.72. The van der Waals surface area contributed by atoms with Crippen molar-refractivity contribution in [1.29, 1.82) is 0 Å². The number of aliphatic hydroxyl groups excluding tert-OH is 1. The van der Waals surface area contributed by atoms with Crippen LogP contribution in [0.4, 0.5) is 22.0 Å². The van der Waals surface area contributed by atoms with E-state index in [0.29, 0.717) is 10.8 Å². The van der Waals surface area contributed by atoms with Crippen molar-refractivity contribution in [2.24, 2.45) is 0 Å². The minimum atomic E-state index is -5.01. The van der Waals surface area contributed by atoms with Crippen molar-refractivity contribution in [2.45, 2.75) is 63.2 Å². The molecule has 1 aliphatic rings. The summed E-state index contributed by atoms with van der Waals surface area (Å²) in [5, 5.41) is 13.6. The Labute approximate surface area is 245 Å². The van der Waals surface area contributed by atoms with Crippen LogP contribution < -0.4 is 20.9 Å². The summed E-state index contributed by atoms with van der Waals surface area (Å²) >= 11 is 0. The highest BCUT2D eigenvalue weighted by molar-refractivity contribution is 7.52. The molecule has 5 atom stereocenters. The zero-order valence-electron chi connectivity index (χ0n) is 23.2. The number of benzene rings is 2. The molecule has 3 N–H and O–H groups in total. The molecule has 0 spiro atoms. The molecular weight excluding hydrogens is 624 g/mol. The number of esters is 1. The van der Waals surface area contributed by atoms with Crippen molar-refractivity contribution in [2.75, 3.05) is 6.61 Å². The van der Waals surface area contributed by atoms with Crippen LogP contribution in [0.2, 0.25) is 0 Å². The van der Waals surface area contributed by atoms with E-state index < -0.39 is 79.8 Å². The van der Waals surface area contributed by atoms with E-state index in [-0.39, 0.29) is 16.5 Å². The number of carbonyl (C=O) groups is 1. The van der Waals surface area contributed by atoms with Crippen molar-refractivity contribution in [1.82, 2.24) is 14.6 Å². The molecule has 4 rings (SSSR count). The van der Waals surface area contributed by atoms with Crippen LogP contribution in [0.15, 0.2) is 58.3 Å². The first-order chi connectivity index (χ1) is 20.5. The largest absolute Gasteiger partial charge is 0.462 e. The van der Waals surface area contributed by atoms with E-state index in [4.69, 9.17) is 18.5 Å². The summed E-state index contributed by atoms with van der Waals surface area (Å²) in [5.41, 5.74) is -6.94. The van der Waals surface area contributed by atoms with E-state index in [2.05, 4.69) is 5.09 Å². The number of rotatable bonds is 11. The summed E-state index contributed by atoms with van der Waals surface area (Å²) in [5.74, 6) is -7.53. The molecule has 0 aliphatic carbocycles. The van der Waals surface area contributed by atoms with Crippen LogP contribution in [0.5, 0.6) is 5.75 Å². The quantitative estimate of drug-likeness (QED) is 0.159. The van der Waals surface area contributed by atoms with Gasteiger partial charge >= 0.3 is 25.3 Å². The highest BCUT2D eigenvalue weighted by Crippen LogP contribution is 2.53. The Morgan fingerprint density at radius 2 is 1.82 bits per heavy atom. The summed E-state index contributed by atoms with van der Waals surface area (Å²) in [6, 6.07) is 9.55. The predicted octanol–water partition coefficient (Wildman–Crippen LogP) is 3.49. The zero-order chi connectivity index (χ0) is 32.6. The predicted molar refractivity (Wildman–Crippen MR) is 143 cm³/mol. The third kappa shape index (κ3) is 6.42. The number of ether oxygens (including phenoxy) is 2. The Morgan fingerprint density at radius 1 is 1.16 bits per heavy atom. The second-order valence-electron chi connectivity index (χ2n) is 10.1. The second kappa shape index (κ2) is 12.4. The van der Waals surface area contributed by atoms with Gasteiger partial charge in [-0.3, -0.25) is 23.7 Å². The number of alkyl halides is 4. The molecule has 18 heteroatoms. The molecule has 0 radical (unpaired) electrons. The van der Waals surface area contributed by atoms with Crippen molar-refractivity contribution >= 4 is 24.5 Å². The number of nitrogens with zero attached hydrogens (tertiary/aromatic N) is 1. The van der Waals surface area contributed by atoms with Gasteiger partial charge < -0.3 is 19.1 Å². The molecule has 2 heterocycles. The number of hydrogen-bond acceptors (Lipinski definition) is 9. The van der Waals surface area contributed by atoms with Crippen molar-refractivity contribution in [3.05, 3.63) is 75.3 Å². The fourth-order valence-corrected chi connectivity index (χ4v) is 5.89. The molecule has 2 aromatic carbocycles. The minimum Gasteiger partial charge on any atom is -0.462 e. The lowest BCUT2D eigenvalue weighted by atomic mass is 9.96. The number of carbonyl (C=O) groups excluding carboxylic acids is 1. The smallest absolute Gasteiger partial charge is 0.459 e. The maximum absolute atomic E-state index is 15.2. The lowest BCUT2D eigenvalue weighted by Crippen LogP contribution is -2.54. The molecular formula is C26H27F5N3O9P. The van der Waals surface area contributed by atoms with Gasteiger partial charge in [0, 0.05) is 5.39 Å². The molecule has 44 heavy (non-hydrogen) atoms. The number of aromatic nitrogens is 2. The van der Waals surface area contributed by atoms with Gasteiger partial charge in [-0.1, -0.05) is 36.4 Å². The average molecular weight is 651 g/mol. The summed E-state index contributed by atoms with van der Waals surface area (Å²) in [4.78, 5) is 37.4. The van der Waals surface area contributed by atoms with Gasteiger partial charge in [-0.25, -0.2) is 18.1 Å². The molecule has 1 fully saturated rings. The van der Waals surface area contributed by atoms with Crippen LogP contribution in [-0.2, 0) is 23.4 Å². The Morgan fingerprint density at radius 3 is 2.48 bits per heavy atom. The Kier molecular flexibility index (Phi) is 9.38. The van der Waals surface area contributed by atoms with Crippen molar-refractivity contribution in [3.63, 3.8) is 0 Å². The minimum absolute atomic E-state index is 0.00698. The van der Waals surface area contributed by atoms with Gasteiger partial charge in [-0.2, -0.15) is 18.3 Å². The molecule has 1 saturated heterocycles. The standard InChI is InChI=1S/C26H27F5N3O9P/c1-13(2)41-20(36)14(3)33-44(39,43-18-10-6-8-15-7-4-5-9-16(15)18)40-12-25(22(28)29)21(37)26(30,31)23(42-25)34-11-17(27)19(35)32-24(34)38/h4-11,13-14,21-23,37H,12H2,1-3H3,(H,33,39)(H,32,35,38). The van der Waals surface area contributed by atoms with Gasteiger partial charge in [-0.15, -0.1) is 0 Å². The number of nitrogens with one attached hydrogen (secondary N) is 2. The summed E-state index contributed by atoms with van der Waals surface area (Å²) in [6.07, 6.45) is -11.1. The molecule has 240 valence electrons. The highest BCUT2D eigenvalue weighted by atomic mass is 31.2. The van der Waals surface area contributed by atoms with E-state index in [9.17, 15) is 37.2 Å². The molecule has 12 nitrogen and oxygen atoms in total. The van der Waals surface area contributed by atoms with Crippen LogP contribution in [0, 0.1) is 5.82 Å². The van der Waals surface area contributed by atoms with E-state index >= 15 is 8.78 Å². The van der Waals surface area contributed by atoms with E-state index in [1.165, 1.54) is 37.9 Å². The van der Waals surface area contributed by atoms with E-state index in [1.54, 1.807) is 30.3 Å². The van der Waals surface area contributed by atoms with Gasteiger partial charge in [0.05, 0.1) is 18.9 Å². The summed E-state index contributed by atoms with van der Waals surface area (Å²) in [6.45, 7) is 2.46. The van der Waals surface area contributed by atoms with Crippen LogP contribution in [0.3, 0.4) is 0 Å². The average Bonchev–Trinajstić information content (AvgIpc) is 3.15. The number of hydrogen-bond donors (Lipinski definition) is 3. The molecule has 0 saturated carbocycles. The summed E-state index contributed by atoms with van der Waals surface area (Å²) in [7, 11) is -5.01. The monoisotopic (exact) mass is 651 g/mol. The second-order valence-corrected chi connectivity index (χ2v) is 11.8. The first kappa shape index (κ1) is 33.3. The fraction of sp³-hybridized carbons (Fsp3) is 0.423. The third-order valence-electron chi connectivity index (χ3n) is 6.52. The maximum Gasteiger partial charge on any atom is 0.459 e. The maximum atomic E-state index is 15.2. The normalized spacial score (nSPS) is 23.5. The van der Waals surface area contributed by atoms with Gasteiger partial charge in [0.2, 0.25) is 12.0 Å². The van der Waals surface area contributed by atoms with Gasteiger partial charge in [0.15, 0.2) is 11.7 Å². The van der Waals surface area contributed by atoms with Gasteiger partial charge in [-0.05, 0) is 32.2 Å². The van der Waals surface area contributed by atoms with Gasteiger partial charge in [0.25, 0.3) is 12.0 Å². The molecule has 5 unspecified atom stereocenters.